The summed E-state index contributed by atoms with van der Waals surface area (Å²) in [5.74, 6) is -1.09. The average Bonchev–Trinajstić information content (AvgIpc) is 2.62. The van der Waals surface area contributed by atoms with Crippen LogP contribution in [0.15, 0.2) is 0 Å². The lowest BCUT2D eigenvalue weighted by molar-refractivity contribution is -0.154. The molecule has 0 atom stereocenters. The molecule has 24 heavy (non-hydrogen) atoms. The highest BCUT2D eigenvalue weighted by Gasteiger charge is 2.35. The highest BCUT2D eigenvalue weighted by molar-refractivity contribution is 7.86. The summed E-state index contributed by atoms with van der Waals surface area (Å²) in [7, 11) is -3.50. The average molecular weight is 362 g/mol. The maximum Gasteiger partial charge on any atom is 0.312 e. The predicted molar refractivity (Wildman–Crippen MR) is 87.4 cm³/mol. The van der Waals surface area contributed by atoms with Crippen LogP contribution in [0.3, 0.4) is 0 Å². The Kier molecular flexibility index (Phi) is 6.55. The molecule has 9 nitrogen and oxygen atoms in total. The molecule has 138 valence electrons. The molecule has 2 heterocycles. The third-order valence-electron chi connectivity index (χ3n) is 4.37. The Labute approximate surface area is 143 Å². The van der Waals surface area contributed by atoms with Crippen molar-refractivity contribution in [3.8, 4) is 0 Å². The second kappa shape index (κ2) is 8.24. The molecule has 0 aromatic rings. The second-order valence-electron chi connectivity index (χ2n) is 5.69. The number of hydrogen-bond acceptors (Lipinski definition) is 5. The van der Waals surface area contributed by atoms with E-state index in [1.807, 2.05) is 0 Å². The first-order valence-corrected chi connectivity index (χ1v) is 9.72. The molecule has 2 fully saturated rings. The number of piperazine rings is 1. The molecule has 0 aromatic heterocycles. The summed E-state index contributed by atoms with van der Waals surface area (Å²) in [5, 5.41) is 0. The zero-order valence-corrected chi connectivity index (χ0v) is 15.1. The van der Waals surface area contributed by atoms with E-state index in [-0.39, 0.29) is 26.2 Å². The Morgan fingerprint density at radius 1 is 0.875 bits per heavy atom. The molecule has 0 aromatic carbocycles. The molecule has 0 N–H and O–H groups in total. The Balaban J connectivity index is 1.92. The minimum absolute atomic E-state index is 0.209. The lowest BCUT2D eigenvalue weighted by Gasteiger charge is -2.37. The van der Waals surface area contributed by atoms with Crippen molar-refractivity contribution < 1.29 is 22.7 Å². The number of amides is 2. The smallest absolute Gasteiger partial charge is 0.312 e. The van der Waals surface area contributed by atoms with Gasteiger partial charge in [0.2, 0.25) is 0 Å². The van der Waals surface area contributed by atoms with Gasteiger partial charge in [0.05, 0.1) is 13.2 Å². The van der Waals surface area contributed by atoms with E-state index in [1.165, 1.54) is 18.4 Å². The summed E-state index contributed by atoms with van der Waals surface area (Å²) < 4.78 is 32.9. The van der Waals surface area contributed by atoms with Gasteiger partial charge in [-0.15, -0.1) is 0 Å². The molecule has 2 aliphatic heterocycles. The molecule has 0 unspecified atom stereocenters. The third-order valence-corrected chi connectivity index (χ3v) is 6.55. The van der Waals surface area contributed by atoms with E-state index < -0.39 is 22.0 Å². The number of carbonyl (C=O) groups is 2. The summed E-state index contributed by atoms with van der Waals surface area (Å²) in [5.41, 5.74) is 0. The van der Waals surface area contributed by atoms with Crippen LogP contribution in [0, 0.1) is 0 Å². The number of hydrogen-bond donors (Lipinski definition) is 0. The van der Waals surface area contributed by atoms with Crippen LogP contribution < -0.4 is 0 Å². The number of nitrogens with zero attached hydrogens (tertiary/aromatic N) is 4. The predicted octanol–water partition coefficient (Wildman–Crippen LogP) is -1.42. The van der Waals surface area contributed by atoms with Crippen LogP contribution >= 0.6 is 0 Å². The highest BCUT2D eigenvalue weighted by atomic mass is 32.2. The van der Waals surface area contributed by atoms with E-state index in [4.69, 9.17) is 4.74 Å². The van der Waals surface area contributed by atoms with Crippen molar-refractivity contribution in [2.75, 3.05) is 65.6 Å². The van der Waals surface area contributed by atoms with Gasteiger partial charge in [-0.25, -0.2) is 0 Å². The van der Waals surface area contributed by atoms with E-state index in [1.54, 1.807) is 13.8 Å². The molecule has 10 heteroatoms. The summed E-state index contributed by atoms with van der Waals surface area (Å²) in [6.07, 6.45) is 0. The first kappa shape index (κ1) is 19.1. The zero-order chi connectivity index (χ0) is 17.7. The van der Waals surface area contributed by atoms with Gasteiger partial charge >= 0.3 is 11.8 Å². The van der Waals surface area contributed by atoms with Gasteiger partial charge in [-0.1, -0.05) is 13.8 Å². The van der Waals surface area contributed by atoms with Crippen LogP contribution in [-0.2, 0) is 24.5 Å². The quantitative estimate of drug-likeness (QED) is 0.572. The van der Waals surface area contributed by atoms with Gasteiger partial charge in [0.25, 0.3) is 10.2 Å². The fourth-order valence-corrected chi connectivity index (χ4v) is 4.48. The number of ether oxygens (including phenoxy) is 1. The fourth-order valence-electron chi connectivity index (χ4n) is 2.87. The largest absolute Gasteiger partial charge is 0.378 e. The van der Waals surface area contributed by atoms with Gasteiger partial charge in [0.15, 0.2) is 0 Å². The summed E-state index contributed by atoms with van der Waals surface area (Å²) >= 11 is 0. The van der Waals surface area contributed by atoms with Crippen molar-refractivity contribution in [3.05, 3.63) is 0 Å². The molecular formula is C14H26N4O5S. The van der Waals surface area contributed by atoms with Gasteiger partial charge < -0.3 is 14.5 Å². The normalized spacial score (nSPS) is 20.5. The molecule has 0 bridgehead atoms. The first-order chi connectivity index (χ1) is 11.4. The van der Waals surface area contributed by atoms with E-state index in [9.17, 15) is 18.0 Å². The maximum atomic E-state index is 12.5. The van der Waals surface area contributed by atoms with E-state index in [0.717, 1.165) is 0 Å². The number of rotatable bonds is 4. The van der Waals surface area contributed by atoms with Crippen molar-refractivity contribution in [1.29, 1.82) is 0 Å². The monoisotopic (exact) mass is 362 g/mol. The lowest BCUT2D eigenvalue weighted by atomic mass is 10.3. The molecule has 2 saturated heterocycles. The fraction of sp³-hybridized carbons (Fsp3) is 0.857. The molecule has 2 aliphatic rings. The molecule has 2 amide bonds. The standard InChI is InChI=1S/C14H26N4O5S/c1-3-17(4-2)24(21,22)18-7-5-15(6-8-18)13(19)14(20)16-9-11-23-12-10-16/h3-12H2,1-2H3. The summed E-state index contributed by atoms with van der Waals surface area (Å²) in [6, 6.07) is 0. The molecule has 0 radical (unpaired) electrons. The van der Waals surface area contributed by atoms with Crippen LogP contribution in [0.5, 0.6) is 0 Å². The van der Waals surface area contributed by atoms with Crippen LogP contribution in [0.1, 0.15) is 13.8 Å². The molecule has 0 saturated carbocycles. The van der Waals surface area contributed by atoms with Crippen molar-refractivity contribution in [1.82, 2.24) is 18.4 Å². The minimum atomic E-state index is -3.50. The Hall–Kier alpha value is -1.23. The Bertz CT molecular complexity index is 550. The molecule has 0 aliphatic carbocycles. The minimum Gasteiger partial charge on any atom is -0.378 e. The Morgan fingerprint density at radius 3 is 1.79 bits per heavy atom. The first-order valence-electron chi connectivity index (χ1n) is 8.33. The maximum absolute atomic E-state index is 12.5. The van der Waals surface area contributed by atoms with E-state index in [0.29, 0.717) is 39.4 Å². The van der Waals surface area contributed by atoms with Crippen LogP contribution in [-0.4, -0.2) is 104 Å². The zero-order valence-electron chi connectivity index (χ0n) is 14.3. The molecular weight excluding hydrogens is 336 g/mol. The summed E-state index contributed by atoms with van der Waals surface area (Å²) in [4.78, 5) is 27.5. The van der Waals surface area contributed by atoms with Crippen LogP contribution in [0.4, 0.5) is 0 Å². The van der Waals surface area contributed by atoms with Gasteiger partial charge in [-0.05, 0) is 0 Å². The van der Waals surface area contributed by atoms with Crippen molar-refractivity contribution in [2.45, 2.75) is 13.8 Å². The number of morpholine rings is 1. The second-order valence-corrected chi connectivity index (χ2v) is 7.62. The van der Waals surface area contributed by atoms with E-state index >= 15 is 0 Å². The SMILES string of the molecule is CCN(CC)S(=O)(=O)N1CCN(C(=O)C(=O)N2CCOCC2)CC1. The third kappa shape index (κ3) is 4.05. The van der Waals surface area contributed by atoms with Crippen molar-refractivity contribution >= 4 is 22.0 Å². The summed E-state index contributed by atoms with van der Waals surface area (Å²) in [6.45, 7) is 7.00. The van der Waals surface area contributed by atoms with E-state index in [2.05, 4.69) is 0 Å². The van der Waals surface area contributed by atoms with Gasteiger partial charge in [0.1, 0.15) is 0 Å². The number of carbonyl (C=O) groups excluding carboxylic acids is 2. The van der Waals surface area contributed by atoms with Crippen molar-refractivity contribution in [2.24, 2.45) is 0 Å². The van der Waals surface area contributed by atoms with Crippen LogP contribution in [0.2, 0.25) is 0 Å². The molecule has 0 spiro atoms. The van der Waals surface area contributed by atoms with Crippen LogP contribution in [0.25, 0.3) is 0 Å². The van der Waals surface area contributed by atoms with Gasteiger partial charge in [-0.3, -0.25) is 9.59 Å². The lowest BCUT2D eigenvalue weighted by Crippen LogP contribution is -2.57. The van der Waals surface area contributed by atoms with Gasteiger partial charge in [0, 0.05) is 52.4 Å². The highest BCUT2D eigenvalue weighted by Crippen LogP contribution is 2.13. The van der Waals surface area contributed by atoms with Gasteiger partial charge in [-0.2, -0.15) is 17.0 Å². The van der Waals surface area contributed by atoms with Crippen molar-refractivity contribution in [3.63, 3.8) is 0 Å². The topological polar surface area (TPSA) is 90.5 Å². The Morgan fingerprint density at radius 2 is 1.33 bits per heavy atom. The molecule has 2 rings (SSSR count).